The Bertz CT molecular complexity index is 875. The molecule has 6 nitrogen and oxygen atoms in total. The normalized spacial score (nSPS) is 11.2. The van der Waals surface area contributed by atoms with E-state index in [0.717, 1.165) is 48.1 Å². The lowest BCUT2D eigenvalue weighted by atomic mass is 10.2. The number of aromatic nitrogens is 2. The summed E-state index contributed by atoms with van der Waals surface area (Å²) >= 11 is 0. The van der Waals surface area contributed by atoms with Crippen molar-refractivity contribution in [3.63, 3.8) is 0 Å². The Morgan fingerprint density at radius 3 is 2.75 bits per heavy atom. The van der Waals surface area contributed by atoms with E-state index < -0.39 is 0 Å². The fourth-order valence-corrected chi connectivity index (χ4v) is 3.02. The Morgan fingerprint density at radius 2 is 2.00 bits per heavy atom. The molecule has 0 unspecified atom stereocenters. The Hall–Kier alpha value is -2.29. The number of para-hydroxylation sites is 1. The SMILES string of the molecule is CCNC(=NCCc1cn2ccccc2n1)N(C)Cc1ccccc1OC.I. The first kappa shape index (κ1) is 22.0. The minimum absolute atomic E-state index is 0. The first-order valence-corrected chi connectivity index (χ1v) is 9.25. The largest absolute Gasteiger partial charge is 0.496 e. The summed E-state index contributed by atoms with van der Waals surface area (Å²) in [7, 11) is 3.74. The molecule has 3 aromatic rings. The zero-order valence-corrected chi connectivity index (χ0v) is 19.0. The van der Waals surface area contributed by atoms with Crippen molar-refractivity contribution in [1.82, 2.24) is 19.6 Å². The summed E-state index contributed by atoms with van der Waals surface area (Å²) in [5.41, 5.74) is 3.15. The van der Waals surface area contributed by atoms with Crippen molar-refractivity contribution in [2.24, 2.45) is 4.99 Å². The van der Waals surface area contributed by atoms with Crippen molar-refractivity contribution in [1.29, 1.82) is 0 Å². The van der Waals surface area contributed by atoms with Crippen molar-refractivity contribution < 1.29 is 4.74 Å². The summed E-state index contributed by atoms with van der Waals surface area (Å²) in [6.45, 7) is 4.31. The van der Waals surface area contributed by atoms with Gasteiger partial charge >= 0.3 is 0 Å². The second-order valence-electron chi connectivity index (χ2n) is 6.35. The molecule has 0 aliphatic heterocycles. The Labute approximate surface area is 183 Å². The van der Waals surface area contributed by atoms with Gasteiger partial charge in [0.15, 0.2) is 5.96 Å². The van der Waals surface area contributed by atoms with Crippen LogP contribution in [0.1, 0.15) is 18.2 Å². The molecule has 0 bridgehead atoms. The van der Waals surface area contributed by atoms with E-state index in [-0.39, 0.29) is 24.0 Å². The van der Waals surface area contributed by atoms with Crippen molar-refractivity contribution in [3.05, 3.63) is 66.1 Å². The van der Waals surface area contributed by atoms with Gasteiger partial charge in [-0.05, 0) is 25.1 Å². The van der Waals surface area contributed by atoms with Crippen LogP contribution >= 0.6 is 24.0 Å². The highest BCUT2D eigenvalue weighted by molar-refractivity contribution is 14.0. The predicted molar refractivity (Wildman–Crippen MR) is 125 cm³/mol. The number of hydrogen-bond acceptors (Lipinski definition) is 3. The number of ether oxygens (including phenoxy) is 1. The van der Waals surface area contributed by atoms with Crippen LogP contribution in [-0.2, 0) is 13.0 Å². The molecule has 0 aliphatic rings. The molecule has 1 N–H and O–H groups in total. The van der Waals surface area contributed by atoms with Gasteiger partial charge < -0.3 is 19.4 Å². The fraction of sp³-hybridized carbons (Fsp3) is 0.333. The standard InChI is InChI=1S/C21H27N5O.HI/c1-4-22-21(25(2)15-17-9-5-6-10-19(17)27-3)23-13-12-18-16-26-14-8-7-11-20(26)24-18;/h5-11,14,16H,4,12-13,15H2,1-3H3,(H,22,23);1H. The topological polar surface area (TPSA) is 54.2 Å². The van der Waals surface area contributed by atoms with Gasteiger partial charge in [0.25, 0.3) is 0 Å². The number of nitrogens with zero attached hydrogens (tertiary/aromatic N) is 4. The van der Waals surface area contributed by atoms with Gasteiger partial charge in [-0.25, -0.2) is 4.98 Å². The number of guanidine groups is 1. The number of hydrogen-bond donors (Lipinski definition) is 1. The molecular formula is C21H28IN5O. The summed E-state index contributed by atoms with van der Waals surface area (Å²) in [4.78, 5) is 11.5. The van der Waals surface area contributed by atoms with Crippen LogP contribution in [0, 0.1) is 0 Å². The van der Waals surface area contributed by atoms with Crippen LogP contribution in [0.15, 0.2) is 59.9 Å². The zero-order valence-electron chi connectivity index (χ0n) is 16.6. The molecular weight excluding hydrogens is 465 g/mol. The van der Waals surface area contributed by atoms with Gasteiger partial charge in [-0.1, -0.05) is 24.3 Å². The third-order valence-electron chi connectivity index (χ3n) is 4.34. The smallest absolute Gasteiger partial charge is 0.193 e. The molecule has 0 atom stereocenters. The molecule has 0 saturated heterocycles. The van der Waals surface area contributed by atoms with Crippen molar-refractivity contribution in [3.8, 4) is 5.75 Å². The quantitative estimate of drug-likeness (QED) is 0.311. The van der Waals surface area contributed by atoms with E-state index in [0.29, 0.717) is 6.54 Å². The lowest BCUT2D eigenvalue weighted by Crippen LogP contribution is -2.38. The van der Waals surface area contributed by atoms with Gasteiger partial charge in [0, 0.05) is 51.1 Å². The number of benzene rings is 1. The molecule has 0 radical (unpaired) electrons. The van der Waals surface area contributed by atoms with Gasteiger partial charge in [-0.2, -0.15) is 0 Å². The summed E-state index contributed by atoms with van der Waals surface area (Å²) in [6.07, 6.45) is 4.88. The van der Waals surface area contributed by atoms with E-state index in [4.69, 9.17) is 9.73 Å². The predicted octanol–water partition coefficient (Wildman–Crippen LogP) is 3.60. The minimum atomic E-state index is 0. The van der Waals surface area contributed by atoms with Crippen LogP contribution < -0.4 is 10.1 Å². The van der Waals surface area contributed by atoms with Gasteiger partial charge in [0.2, 0.25) is 0 Å². The van der Waals surface area contributed by atoms with Gasteiger partial charge in [0.1, 0.15) is 11.4 Å². The van der Waals surface area contributed by atoms with Crippen LogP contribution in [0.3, 0.4) is 0 Å². The van der Waals surface area contributed by atoms with Crippen molar-refractivity contribution >= 4 is 35.6 Å². The summed E-state index contributed by atoms with van der Waals surface area (Å²) < 4.78 is 7.50. The maximum atomic E-state index is 5.46. The van der Waals surface area contributed by atoms with Crippen molar-refractivity contribution in [2.45, 2.75) is 19.9 Å². The molecule has 7 heteroatoms. The molecule has 28 heavy (non-hydrogen) atoms. The molecule has 0 aliphatic carbocycles. The lowest BCUT2D eigenvalue weighted by Gasteiger charge is -2.23. The highest BCUT2D eigenvalue weighted by Crippen LogP contribution is 2.18. The molecule has 0 fully saturated rings. The van der Waals surface area contributed by atoms with Gasteiger partial charge in [-0.15, -0.1) is 24.0 Å². The van der Waals surface area contributed by atoms with E-state index in [1.54, 1.807) is 7.11 Å². The highest BCUT2D eigenvalue weighted by Gasteiger charge is 2.10. The molecule has 0 saturated carbocycles. The Morgan fingerprint density at radius 1 is 1.21 bits per heavy atom. The van der Waals surface area contributed by atoms with Crippen molar-refractivity contribution in [2.75, 3.05) is 27.2 Å². The number of imidazole rings is 1. The number of rotatable bonds is 7. The van der Waals surface area contributed by atoms with Crippen LogP contribution in [0.4, 0.5) is 0 Å². The number of aliphatic imine (C=N–C) groups is 1. The number of halogens is 1. The second-order valence-corrected chi connectivity index (χ2v) is 6.35. The van der Waals surface area contributed by atoms with Gasteiger partial charge in [0.05, 0.1) is 12.8 Å². The fourth-order valence-electron chi connectivity index (χ4n) is 3.02. The average molecular weight is 493 g/mol. The molecule has 0 amide bonds. The molecule has 0 spiro atoms. The summed E-state index contributed by atoms with van der Waals surface area (Å²) in [6, 6.07) is 14.1. The van der Waals surface area contributed by atoms with Crippen LogP contribution in [0.5, 0.6) is 5.75 Å². The molecule has 3 rings (SSSR count). The Kier molecular flexibility index (Phi) is 8.56. The van der Waals surface area contributed by atoms with E-state index in [1.165, 1.54) is 0 Å². The first-order chi connectivity index (χ1) is 13.2. The first-order valence-electron chi connectivity index (χ1n) is 9.25. The Balaban J connectivity index is 0.00000280. The highest BCUT2D eigenvalue weighted by atomic mass is 127. The third kappa shape index (κ3) is 5.60. The number of pyridine rings is 1. The number of methoxy groups -OCH3 is 1. The molecule has 1 aromatic carbocycles. The number of nitrogens with one attached hydrogen (secondary N) is 1. The molecule has 2 aromatic heterocycles. The summed E-state index contributed by atoms with van der Waals surface area (Å²) in [5.74, 6) is 1.78. The number of fused-ring (bicyclic) bond motifs is 1. The van der Waals surface area contributed by atoms with Gasteiger partial charge in [-0.3, -0.25) is 4.99 Å². The zero-order chi connectivity index (χ0) is 19.1. The summed E-state index contributed by atoms with van der Waals surface area (Å²) in [5, 5.41) is 3.36. The van der Waals surface area contributed by atoms with Crippen LogP contribution in [0.25, 0.3) is 5.65 Å². The maximum absolute atomic E-state index is 5.46. The van der Waals surface area contributed by atoms with E-state index in [1.807, 2.05) is 54.0 Å². The minimum Gasteiger partial charge on any atom is -0.496 e. The second kappa shape index (κ2) is 10.9. The van der Waals surface area contributed by atoms with E-state index >= 15 is 0 Å². The maximum Gasteiger partial charge on any atom is 0.193 e. The van der Waals surface area contributed by atoms with Crippen LogP contribution in [-0.4, -0.2) is 47.5 Å². The lowest BCUT2D eigenvalue weighted by molar-refractivity contribution is 0.396. The molecule has 2 heterocycles. The van der Waals surface area contributed by atoms with E-state index in [9.17, 15) is 0 Å². The monoisotopic (exact) mass is 493 g/mol. The van der Waals surface area contributed by atoms with Crippen LogP contribution in [0.2, 0.25) is 0 Å². The van der Waals surface area contributed by atoms with E-state index in [2.05, 4.69) is 34.4 Å². The molecule has 150 valence electrons. The average Bonchev–Trinajstić information content (AvgIpc) is 3.10. The third-order valence-corrected chi connectivity index (χ3v) is 4.34.